The second-order valence-corrected chi connectivity index (χ2v) is 12.4. The van der Waals surface area contributed by atoms with E-state index in [2.05, 4.69) is 20.4 Å². The Morgan fingerprint density at radius 1 is 0.778 bits per heavy atom. The highest BCUT2D eigenvalue weighted by Gasteiger charge is 2.27. The summed E-state index contributed by atoms with van der Waals surface area (Å²) in [7, 11) is 0. The molecule has 1 N–H and O–H groups in total. The molecule has 54 heavy (non-hydrogen) atoms. The van der Waals surface area contributed by atoms with Gasteiger partial charge in [0.05, 0.1) is 73.3 Å². The van der Waals surface area contributed by atoms with E-state index in [1.165, 1.54) is 24.3 Å². The zero-order valence-electron chi connectivity index (χ0n) is 30.4. The molecule has 284 valence electrons. The minimum absolute atomic E-state index is 0.309. The summed E-state index contributed by atoms with van der Waals surface area (Å²) >= 11 is 0. The van der Waals surface area contributed by atoms with Crippen LogP contribution in [0.1, 0.15) is 76.5 Å². The van der Waals surface area contributed by atoms with Gasteiger partial charge >= 0.3 is 0 Å². The Morgan fingerprint density at radius 3 is 1.87 bits per heavy atom. The number of aliphatic hydroxyl groups excluding tert-OH is 1. The maximum atomic E-state index is 13.9. The van der Waals surface area contributed by atoms with Crippen LogP contribution in [0.15, 0.2) is 79.6 Å². The number of aliphatic hydroxyl groups is 1. The molecule has 0 aliphatic carbocycles. The predicted molar refractivity (Wildman–Crippen MR) is 191 cm³/mol. The van der Waals surface area contributed by atoms with Crippen LogP contribution in [0.4, 0.5) is 8.78 Å². The third kappa shape index (κ3) is 9.03. The Hall–Kier alpha value is -5.39. The molecule has 2 fully saturated rings. The molecule has 14 nitrogen and oxygen atoms in total. The van der Waals surface area contributed by atoms with Crippen LogP contribution in [0, 0.1) is 25.5 Å². The molecule has 0 saturated carbocycles. The number of carbonyl (C=O) groups is 1. The second kappa shape index (κ2) is 17.6. The highest BCUT2D eigenvalue weighted by atomic mass is 19.1. The van der Waals surface area contributed by atoms with Crippen LogP contribution < -0.4 is 0 Å². The Labute approximate surface area is 310 Å². The highest BCUT2D eigenvalue weighted by molar-refractivity contribution is 5.73. The van der Waals surface area contributed by atoms with Crippen LogP contribution in [0.5, 0.6) is 0 Å². The zero-order valence-corrected chi connectivity index (χ0v) is 30.4. The summed E-state index contributed by atoms with van der Waals surface area (Å²) in [5.41, 5.74) is 6.21. The molecule has 0 amide bonds. The average Bonchev–Trinajstić information content (AvgIpc) is 4.03. The van der Waals surface area contributed by atoms with E-state index < -0.39 is 18.7 Å². The number of carbonyl (C=O) groups excluding carboxylic acids is 1. The molecule has 4 aromatic heterocycles. The maximum absolute atomic E-state index is 13.9. The standard InChI is InChI=1S/C19H21FN4O3.C13H13FN2O2.C6H8N2O/c1-3-23-11-13(10-21-23)18(25)17-8-12(2)22-24(17)16-5-4-14(20)9-15(16)19-26-6-7-27-19;1-9-7-15-16(8-9)12-3-2-10(14)6-11(12)13-17-4-5-18-13;1-2-8-4-6(5-9)3-7-8/h4-5,8-11,18-19,25H,3,6-7H2,1-2H3;2-3,6-8,13H,4-5H2,1H3;3-5H,2H2,1H3. The number of nitrogens with zero attached hydrogens (tertiary/aromatic N) is 8. The van der Waals surface area contributed by atoms with Crippen molar-refractivity contribution in [2.45, 2.75) is 59.5 Å². The van der Waals surface area contributed by atoms with Crippen LogP contribution in [-0.2, 0) is 32.0 Å². The van der Waals surface area contributed by atoms with Gasteiger partial charge < -0.3 is 24.1 Å². The molecular weight excluding hydrogens is 702 g/mol. The van der Waals surface area contributed by atoms with Gasteiger partial charge in [-0.15, -0.1) is 0 Å². The summed E-state index contributed by atoms with van der Waals surface area (Å²) in [5.74, 6) is -0.695. The van der Waals surface area contributed by atoms with Crippen molar-refractivity contribution in [2.75, 3.05) is 26.4 Å². The smallest absolute Gasteiger partial charge is 0.186 e. The largest absolute Gasteiger partial charge is 0.382 e. The number of aldehydes is 1. The fraction of sp³-hybridized carbons (Fsp3) is 0.342. The van der Waals surface area contributed by atoms with E-state index >= 15 is 0 Å². The third-order valence-corrected chi connectivity index (χ3v) is 8.46. The second-order valence-electron chi connectivity index (χ2n) is 12.4. The van der Waals surface area contributed by atoms with Gasteiger partial charge in [-0.05, 0) is 75.7 Å². The summed E-state index contributed by atoms with van der Waals surface area (Å²) in [6.07, 6.45) is 9.03. The van der Waals surface area contributed by atoms with Crippen molar-refractivity contribution in [3.05, 3.63) is 130 Å². The van der Waals surface area contributed by atoms with Crippen LogP contribution in [0.2, 0.25) is 0 Å². The van der Waals surface area contributed by atoms with E-state index in [4.69, 9.17) is 18.9 Å². The lowest BCUT2D eigenvalue weighted by Gasteiger charge is -2.18. The number of ether oxygens (including phenoxy) is 4. The van der Waals surface area contributed by atoms with Gasteiger partial charge in [0, 0.05) is 48.4 Å². The summed E-state index contributed by atoms with van der Waals surface area (Å²) in [6, 6.07) is 10.7. The molecule has 2 aliphatic rings. The van der Waals surface area contributed by atoms with Crippen molar-refractivity contribution in [1.82, 2.24) is 39.1 Å². The van der Waals surface area contributed by atoms with Crippen LogP contribution >= 0.6 is 0 Å². The molecule has 2 aliphatic heterocycles. The Kier molecular flexibility index (Phi) is 12.5. The fourth-order valence-corrected chi connectivity index (χ4v) is 5.84. The lowest BCUT2D eigenvalue weighted by Crippen LogP contribution is -2.12. The van der Waals surface area contributed by atoms with Crippen molar-refractivity contribution in [1.29, 1.82) is 0 Å². The van der Waals surface area contributed by atoms with E-state index in [1.54, 1.807) is 67.9 Å². The van der Waals surface area contributed by atoms with Gasteiger partial charge in [0.1, 0.15) is 17.7 Å². The quantitative estimate of drug-likeness (QED) is 0.182. The minimum Gasteiger partial charge on any atom is -0.382 e. The lowest BCUT2D eigenvalue weighted by molar-refractivity contribution is -0.0445. The van der Waals surface area contributed by atoms with Crippen LogP contribution in [0.25, 0.3) is 11.4 Å². The zero-order chi connectivity index (χ0) is 38.2. The molecule has 0 radical (unpaired) electrons. The molecule has 6 aromatic rings. The van der Waals surface area contributed by atoms with Crippen molar-refractivity contribution < 1.29 is 37.6 Å². The molecule has 1 unspecified atom stereocenters. The summed E-state index contributed by atoms with van der Waals surface area (Å²) in [6.45, 7) is 11.2. The molecule has 2 aromatic carbocycles. The number of benzene rings is 2. The Balaban J connectivity index is 0.000000157. The van der Waals surface area contributed by atoms with Gasteiger partial charge in [0.15, 0.2) is 18.9 Å². The maximum Gasteiger partial charge on any atom is 0.186 e. The van der Waals surface area contributed by atoms with Gasteiger partial charge in [-0.25, -0.2) is 18.1 Å². The SMILES string of the molecule is CCn1cc(C(O)c2cc(C)nn2-c2ccc(F)cc2C2OCCO2)cn1.CCn1cc(C=O)cn1.Cc1cnn(-c2ccc(F)cc2C2OCCO2)c1. The molecular formula is C38H42F2N8O6. The van der Waals surface area contributed by atoms with Gasteiger partial charge in [0.2, 0.25) is 0 Å². The van der Waals surface area contributed by atoms with Crippen molar-refractivity contribution in [3.8, 4) is 11.4 Å². The van der Waals surface area contributed by atoms with Crippen molar-refractivity contribution in [3.63, 3.8) is 0 Å². The molecule has 16 heteroatoms. The van der Waals surface area contributed by atoms with E-state index in [-0.39, 0.29) is 11.6 Å². The molecule has 8 rings (SSSR count). The number of aromatic nitrogens is 8. The van der Waals surface area contributed by atoms with Gasteiger partial charge in [-0.3, -0.25) is 14.2 Å². The molecule has 0 bridgehead atoms. The first-order valence-corrected chi connectivity index (χ1v) is 17.5. The van der Waals surface area contributed by atoms with Crippen LogP contribution in [0.3, 0.4) is 0 Å². The monoisotopic (exact) mass is 744 g/mol. The first kappa shape index (κ1) is 38.3. The van der Waals surface area contributed by atoms with Crippen LogP contribution in [-0.4, -0.2) is 76.9 Å². The molecule has 0 spiro atoms. The first-order chi connectivity index (χ1) is 26.2. The number of hydrogen-bond acceptors (Lipinski definition) is 10. The molecule has 6 heterocycles. The third-order valence-electron chi connectivity index (χ3n) is 8.46. The first-order valence-electron chi connectivity index (χ1n) is 17.5. The summed E-state index contributed by atoms with van der Waals surface area (Å²) in [4.78, 5) is 10.1. The highest BCUT2D eigenvalue weighted by Crippen LogP contribution is 2.33. The normalized spacial score (nSPS) is 15.1. The number of hydrogen-bond donors (Lipinski definition) is 1. The summed E-state index contributed by atoms with van der Waals surface area (Å²) < 4.78 is 56.0. The van der Waals surface area contributed by atoms with Crippen molar-refractivity contribution in [2.24, 2.45) is 0 Å². The van der Waals surface area contributed by atoms with E-state index in [1.807, 2.05) is 33.9 Å². The lowest BCUT2D eigenvalue weighted by atomic mass is 10.1. The predicted octanol–water partition coefficient (Wildman–Crippen LogP) is 5.74. The number of rotatable bonds is 9. The molecule has 2 saturated heterocycles. The molecule has 1 atom stereocenters. The van der Waals surface area contributed by atoms with E-state index in [0.29, 0.717) is 66.6 Å². The van der Waals surface area contributed by atoms with Gasteiger partial charge in [0.25, 0.3) is 0 Å². The minimum atomic E-state index is -0.921. The van der Waals surface area contributed by atoms with Crippen molar-refractivity contribution >= 4 is 6.29 Å². The number of halogens is 2. The average molecular weight is 745 g/mol. The Morgan fingerprint density at radius 2 is 1.35 bits per heavy atom. The Bertz CT molecular complexity index is 2150. The van der Waals surface area contributed by atoms with E-state index in [9.17, 15) is 18.7 Å². The summed E-state index contributed by atoms with van der Waals surface area (Å²) in [5, 5.41) is 27.8. The fourth-order valence-electron chi connectivity index (χ4n) is 5.84. The van der Waals surface area contributed by atoms with E-state index in [0.717, 1.165) is 29.8 Å². The topological polar surface area (TPSA) is 145 Å². The van der Waals surface area contributed by atoms with Gasteiger partial charge in [-0.2, -0.15) is 20.4 Å². The number of aryl methyl sites for hydroxylation is 4. The van der Waals surface area contributed by atoms with Gasteiger partial charge in [-0.1, -0.05) is 0 Å².